The molecule has 0 spiro atoms. The maximum absolute atomic E-state index is 12.6. The van der Waals surface area contributed by atoms with Gasteiger partial charge in [0.15, 0.2) is 5.82 Å². The first-order valence-electron chi connectivity index (χ1n) is 12.5. The highest BCUT2D eigenvalue weighted by Crippen LogP contribution is 2.45. The van der Waals surface area contributed by atoms with Gasteiger partial charge in [-0.3, -0.25) is 4.79 Å². The molecule has 4 rings (SSSR count). The Morgan fingerprint density at radius 3 is 2.30 bits per heavy atom. The van der Waals surface area contributed by atoms with Crippen LogP contribution in [0.15, 0.2) is 53.4 Å². The maximum Gasteiger partial charge on any atom is 0.261 e. The number of aromatic nitrogens is 4. The second kappa shape index (κ2) is 11.2. The van der Waals surface area contributed by atoms with Gasteiger partial charge in [-0.1, -0.05) is 64.1 Å². The van der Waals surface area contributed by atoms with Gasteiger partial charge in [0.2, 0.25) is 0 Å². The molecule has 8 heteroatoms. The fourth-order valence-corrected chi connectivity index (χ4v) is 7.00. The number of carbonyl (C=O) groups is 1. The number of hydrogen-bond acceptors (Lipinski definition) is 6. The average molecular weight is 534 g/mol. The molecule has 1 amide bonds. The molecule has 37 heavy (non-hydrogen) atoms. The monoisotopic (exact) mass is 533 g/mol. The summed E-state index contributed by atoms with van der Waals surface area (Å²) in [4.78, 5) is 15.8. The number of carbonyl (C=O) groups excluding carboxylic acids is 1. The second-order valence-electron chi connectivity index (χ2n) is 10.8. The summed E-state index contributed by atoms with van der Waals surface area (Å²) in [5.74, 6) is 0.742. The van der Waals surface area contributed by atoms with Crippen molar-refractivity contribution in [3.63, 3.8) is 0 Å². The molecule has 0 saturated carbocycles. The van der Waals surface area contributed by atoms with Gasteiger partial charge in [0, 0.05) is 15.0 Å². The molecule has 0 aliphatic rings. The van der Waals surface area contributed by atoms with E-state index in [9.17, 15) is 4.79 Å². The quantitative estimate of drug-likeness (QED) is 0.233. The number of rotatable bonds is 8. The summed E-state index contributed by atoms with van der Waals surface area (Å²) in [6.07, 6.45) is 0. The Morgan fingerprint density at radius 2 is 1.73 bits per heavy atom. The summed E-state index contributed by atoms with van der Waals surface area (Å²) < 4.78 is 0. The highest BCUT2D eigenvalue weighted by molar-refractivity contribution is 7.99. The number of aromatic amines is 1. The minimum absolute atomic E-state index is 0.123. The summed E-state index contributed by atoms with van der Waals surface area (Å²) in [5.41, 5.74) is 6.61. The van der Waals surface area contributed by atoms with E-state index < -0.39 is 0 Å². The van der Waals surface area contributed by atoms with Crippen LogP contribution in [0.5, 0.6) is 0 Å². The summed E-state index contributed by atoms with van der Waals surface area (Å²) in [6.45, 7) is 15.8. The minimum atomic E-state index is -0.123. The van der Waals surface area contributed by atoms with E-state index >= 15 is 0 Å². The number of benzene rings is 2. The van der Waals surface area contributed by atoms with Gasteiger partial charge in [0.05, 0.1) is 11.4 Å². The van der Waals surface area contributed by atoms with E-state index in [0.29, 0.717) is 16.6 Å². The second-order valence-corrected chi connectivity index (χ2v) is 13.1. The van der Waals surface area contributed by atoms with Crippen LogP contribution in [-0.2, 0) is 12.0 Å². The molecular formula is C29H35N5OS2. The summed E-state index contributed by atoms with van der Waals surface area (Å²) in [5, 5.41) is 16.8. The first kappa shape index (κ1) is 27.1. The molecular weight excluding hydrogens is 498 g/mol. The number of H-pyrrole nitrogens is 1. The normalized spacial score (nSPS) is 12.6. The van der Waals surface area contributed by atoms with E-state index in [0.717, 1.165) is 0 Å². The molecule has 1 atom stereocenters. The molecule has 194 valence electrons. The third kappa shape index (κ3) is 6.48. The van der Waals surface area contributed by atoms with Crippen molar-refractivity contribution >= 4 is 29.0 Å². The molecule has 2 heterocycles. The Morgan fingerprint density at radius 1 is 1.05 bits per heavy atom. The number of nitrogens with one attached hydrogen (secondary N) is 2. The van der Waals surface area contributed by atoms with Gasteiger partial charge in [-0.2, -0.15) is 5.21 Å². The van der Waals surface area contributed by atoms with E-state index in [-0.39, 0.29) is 23.1 Å². The predicted molar refractivity (Wildman–Crippen MR) is 153 cm³/mol. The largest absolute Gasteiger partial charge is 0.344 e. The molecule has 0 saturated heterocycles. The molecule has 0 aliphatic heterocycles. The molecule has 2 aromatic carbocycles. The van der Waals surface area contributed by atoms with E-state index in [1.807, 2.05) is 17.8 Å². The zero-order chi connectivity index (χ0) is 26.7. The Bertz CT molecular complexity index is 1330. The number of aryl methyl sites for hydroxylation is 2. The first-order valence-corrected chi connectivity index (χ1v) is 14.2. The van der Waals surface area contributed by atoms with Gasteiger partial charge < -0.3 is 5.32 Å². The van der Waals surface area contributed by atoms with Gasteiger partial charge in [-0.05, 0) is 77.3 Å². The number of nitrogens with zero attached hydrogens (tertiary/aromatic N) is 3. The van der Waals surface area contributed by atoms with Crippen molar-refractivity contribution < 1.29 is 4.79 Å². The number of hydrogen-bond donors (Lipinski definition) is 2. The standard InChI is InChI=1S/C29H35N5OS2/c1-17(2)27(23-12-13-24(37-23)28(35)30-16-25-31-33-34-32-25)36-22-14-18(3)26(19(4)15-22)20-8-10-21(11-9-20)29(5,6)7/h8-15,17,27H,16H2,1-7H3,(H,30,35)(H,31,32,33,34)/t27-/m1/s1. The van der Waals surface area contributed by atoms with Crippen LogP contribution >= 0.6 is 23.1 Å². The van der Waals surface area contributed by atoms with Crippen LogP contribution in [0.4, 0.5) is 0 Å². The Kier molecular flexibility index (Phi) is 8.19. The zero-order valence-electron chi connectivity index (χ0n) is 22.5. The molecule has 0 radical (unpaired) electrons. The third-order valence-electron chi connectivity index (χ3n) is 6.34. The molecule has 0 fully saturated rings. The van der Waals surface area contributed by atoms with Crippen molar-refractivity contribution in [2.24, 2.45) is 5.92 Å². The SMILES string of the molecule is Cc1cc(S[C@@H](c2ccc(C(=O)NCc3nn[nH]n3)s2)C(C)C)cc(C)c1-c1ccc(C(C)(C)C)cc1. The van der Waals surface area contributed by atoms with Gasteiger partial charge in [0.25, 0.3) is 5.91 Å². The lowest BCUT2D eigenvalue weighted by Crippen LogP contribution is -2.22. The zero-order valence-corrected chi connectivity index (χ0v) is 24.2. The Labute approximate surface area is 227 Å². The molecule has 2 aromatic heterocycles. The van der Waals surface area contributed by atoms with E-state index in [1.54, 1.807) is 11.3 Å². The van der Waals surface area contributed by atoms with Crippen molar-refractivity contribution in [3.05, 3.63) is 80.8 Å². The molecule has 4 aromatic rings. The minimum Gasteiger partial charge on any atom is -0.344 e. The lowest BCUT2D eigenvalue weighted by molar-refractivity contribution is 0.0954. The average Bonchev–Trinajstić information content (AvgIpc) is 3.53. The lowest BCUT2D eigenvalue weighted by atomic mass is 9.85. The van der Waals surface area contributed by atoms with Crippen LogP contribution < -0.4 is 5.32 Å². The summed E-state index contributed by atoms with van der Waals surface area (Å²) in [7, 11) is 0. The summed E-state index contributed by atoms with van der Waals surface area (Å²) >= 11 is 3.42. The van der Waals surface area contributed by atoms with E-state index in [4.69, 9.17) is 0 Å². The first-order chi connectivity index (χ1) is 17.5. The predicted octanol–water partition coefficient (Wildman–Crippen LogP) is 7.26. The van der Waals surface area contributed by atoms with Crippen LogP contribution in [0, 0.1) is 19.8 Å². The van der Waals surface area contributed by atoms with Gasteiger partial charge in [-0.15, -0.1) is 33.3 Å². The van der Waals surface area contributed by atoms with E-state index in [2.05, 4.69) is 117 Å². The Balaban J connectivity index is 1.51. The lowest BCUT2D eigenvalue weighted by Gasteiger charge is -2.22. The van der Waals surface area contributed by atoms with Crippen LogP contribution in [0.3, 0.4) is 0 Å². The Hall–Kier alpha value is -2.97. The molecule has 0 bridgehead atoms. The van der Waals surface area contributed by atoms with Crippen molar-refractivity contribution in [1.82, 2.24) is 25.9 Å². The van der Waals surface area contributed by atoms with Gasteiger partial charge >= 0.3 is 0 Å². The van der Waals surface area contributed by atoms with Crippen molar-refractivity contribution in [3.8, 4) is 11.1 Å². The molecule has 2 N–H and O–H groups in total. The maximum atomic E-state index is 12.6. The van der Waals surface area contributed by atoms with Crippen molar-refractivity contribution in [1.29, 1.82) is 0 Å². The number of thiophene rings is 1. The topological polar surface area (TPSA) is 83.6 Å². The fraction of sp³-hybridized carbons (Fsp3) is 0.379. The molecule has 0 aliphatic carbocycles. The van der Waals surface area contributed by atoms with Gasteiger partial charge in [0.1, 0.15) is 0 Å². The van der Waals surface area contributed by atoms with Gasteiger partial charge in [-0.25, -0.2) is 0 Å². The number of tetrazole rings is 1. The van der Waals surface area contributed by atoms with Crippen molar-refractivity contribution in [2.45, 2.75) is 70.6 Å². The highest BCUT2D eigenvalue weighted by Gasteiger charge is 2.22. The smallest absolute Gasteiger partial charge is 0.261 e. The van der Waals surface area contributed by atoms with Crippen LogP contribution in [0.1, 0.15) is 76.9 Å². The van der Waals surface area contributed by atoms with Crippen molar-refractivity contribution in [2.75, 3.05) is 0 Å². The van der Waals surface area contributed by atoms with Crippen LogP contribution in [-0.4, -0.2) is 26.5 Å². The molecule has 0 unspecified atom stereocenters. The van der Waals surface area contributed by atoms with E-state index in [1.165, 1.54) is 37.6 Å². The highest BCUT2D eigenvalue weighted by atomic mass is 32.2. The number of amides is 1. The third-order valence-corrected chi connectivity index (χ3v) is 9.22. The van der Waals surface area contributed by atoms with Crippen LogP contribution in [0.25, 0.3) is 11.1 Å². The van der Waals surface area contributed by atoms with Crippen LogP contribution in [0.2, 0.25) is 0 Å². The molecule has 6 nitrogen and oxygen atoms in total. The number of thioether (sulfide) groups is 1. The fourth-order valence-electron chi connectivity index (χ4n) is 4.38. The summed E-state index contributed by atoms with van der Waals surface area (Å²) in [6, 6.07) is 17.6.